The maximum absolute atomic E-state index is 12.5. The molecule has 1 N–H and O–H groups in total. The molecule has 1 fully saturated rings. The molecule has 0 unspecified atom stereocenters. The maximum atomic E-state index is 12.5. The van der Waals surface area contributed by atoms with Crippen LogP contribution in [0.1, 0.15) is 37.7 Å². The van der Waals surface area contributed by atoms with E-state index in [2.05, 4.69) is 9.71 Å². The molecule has 1 aliphatic rings. The van der Waals surface area contributed by atoms with Gasteiger partial charge in [-0.2, -0.15) is 0 Å². The van der Waals surface area contributed by atoms with Crippen LogP contribution in [0.2, 0.25) is 4.34 Å². The van der Waals surface area contributed by atoms with Gasteiger partial charge in [-0.15, -0.1) is 11.3 Å². The van der Waals surface area contributed by atoms with E-state index in [0.29, 0.717) is 4.34 Å². The van der Waals surface area contributed by atoms with Gasteiger partial charge in [-0.05, 0) is 36.9 Å². The largest absolute Gasteiger partial charge is 0.858 e. The first-order valence-electron chi connectivity index (χ1n) is 8.08. The molecule has 1 aliphatic carbocycles. The molecule has 1 heterocycles. The van der Waals surface area contributed by atoms with E-state index in [1.807, 2.05) is 0 Å². The van der Waals surface area contributed by atoms with Gasteiger partial charge in [-0.3, -0.25) is 9.71 Å². The van der Waals surface area contributed by atoms with Gasteiger partial charge >= 0.3 is 0 Å². The lowest BCUT2D eigenvalue weighted by molar-refractivity contribution is -0.213. The fraction of sp³-hybridized carbons (Fsp3) is 0.353. The molecule has 0 saturated heterocycles. The Morgan fingerprint density at radius 3 is 2.56 bits per heavy atom. The molecule has 5 nitrogen and oxygen atoms in total. The summed E-state index contributed by atoms with van der Waals surface area (Å²) >= 11 is 6.78. The van der Waals surface area contributed by atoms with Crippen molar-refractivity contribution in [3.8, 4) is 0 Å². The zero-order valence-electron chi connectivity index (χ0n) is 13.4. The van der Waals surface area contributed by atoms with Crippen LogP contribution < -0.4 is 9.83 Å². The van der Waals surface area contributed by atoms with Gasteiger partial charge < -0.3 is 5.11 Å². The van der Waals surface area contributed by atoms with E-state index in [4.69, 9.17) is 11.6 Å². The molecule has 25 heavy (non-hydrogen) atoms. The van der Waals surface area contributed by atoms with Crippen molar-refractivity contribution in [2.45, 2.75) is 42.4 Å². The Morgan fingerprint density at radius 1 is 1.16 bits per heavy atom. The first-order chi connectivity index (χ1) is 12.0. The molecule has 3 rings (SSSR count). The van der Waals surface area contributed by atoms with E-state index in [9.17, 15) is 13.5 Å². The van der Waals surface area contributed by atoms with E-state index >= 15 is 0 Å². The Hall–Kier alpha value is -1.57. The second-order valence-electron chi connectivity index (χ2n) is 5.94. The summed E-state index contributed by atoms with van der Waals surface area (Å²) in [7, 11) is -3.79. The predicted molar refractivity (Wildman–Crippen MR) is 100.0 cm³/mol. The third-order valence-corrected chi connectivity index (χ3v) is 7.18. The van der Waals surface area contributed by atoms with Gasteiger partial charge in [0.1, 0.15) is 4.21 Å². The van der Waals surface area contributed by atoms with E-state index in [-0.39, 0.29) is 27.4 Å². The standard InChI is InChI=1S/C17H19ClN2O3S2/c18-15-10-11-16(24-15)25(22,23)20-14-9-5-4-8-13(14)17(21)19-12-6-2-1-3-7-12/h4-5,8-12,20H,1-3,6-7H2,(H,19,21)/p-1. The van der Waals surface area contributed by atoms with Crippen molar-refractivity contribution >= 4 is 44.5 Å². The van der Waals surface area contributed by atoms with Crippen LogP contribution >= 0.6 is 22.9 Å². The van der Waals surface area contributed by atoms with Crippen LogP contribution in [0.4, 0.5) is 5.69 Å². The van der Waals surface area contributed by atoms with Gasteiger partial charge in [0.15, 0.2) is 0 Å². The SMILES string of the molecule is O=S(=O)(Nc1ccccc1C([O-])=NC1CCCCC1)c1ccc(Cl)s1. The number of nitrogens with one attached hydrogen (secondary N) is 1. The van der Waals surface area contributed by atoms with E-state index in [1.54, 1.807) is 24.3 Å². The molecule has 1 saturated carbocycles. The minimum absolute atomic E-state index is 0.0296. The average molecular weight is 398 g/mol. The summed E-state index contributed by atoms with van der Waals surface area (Å²) in [6.45, 7) is 0. The number of hydrogen-bond acceptors (Lipinski definition) is 5. The summed E-state index contributed by atoms with van der Waals surface area (Å²) in [5.74, 6) is -0.380. The third kappa shape index (κ3) is 4.54. The minimum Gasteiger partial charge on any atom is -0.858 e. The number of halogens is 1. The lowest BCUT2D eigenvalue weighted by Crippen LogP contribution is -2.25. The van der Waals surface area contributed by atoms with E-state index in [0.717, 1.165) is 37.0 Å². The van der Waals surface area contributed by atoms with Gasteiger partial charge in [0.25, 0.3) is 10.0 Å². The van der Waals surface area contributed by atoms with E-state index in [1.165, 1.54) is 18.6 Å². The molecule has 0 spiro atoms. The van der Waals surface area contributed by atoms with Gasteiger partial charge in [-0.1, -0.05) is 49.1 Å². The number of rotatable bonds is 5. The molecule has 2 aromatic rings. The number of aliphatic imine (C=N–C) groups is 1. The van der Waals surface area contributed by atoms with Crippen molar-refractivity contribution in [3.63, 3.8) is 0 Å². The van der Waals surface area contributed by atoms with Crippen LogP contribution in [0.15, 0.2) is 45.6 Å². The Kier molecular flexibility index (Phi) is 5.66. The zero-order chi connectivity index (χ0) is 17.9. The molecule has 0 aliphatic heterocycles. The van der Waals surface area contributed by atoms with Gasteiger partial charge in [0.05, 0.1) is 10.0 Å². The molecule has 134 valence electrons. The lowest BCUT2D eigenvalue weighted by Gasteiger charge is -2.22. The van der Waals surface area contributed by atoms with Crippen molar-refractivity contribution in [2.24, 2.45) is 4.99 Å². The number of nitrogens with zero attached hydrogens (tertiary/aromatic N) is 1. The summed E-state index contributed by atoms with van der Waals surface area (Å²) < 4.78 is 27.9. The van der Waals surface area contributed by atoms with E-state index < -0.39 is 10.0 Å². The number of sulfonamides is 1. The summed E-state index contributed by atoms with van der Waals surface area (Å²) in [6.07, 6.45) is 5.16. The lowest BCUT2D eigenvalue weighted by atomic mass is 9.96. The normalized spacial score (nSPS) is 16.8. The summed E-state index contributed by atoms with van der Waals surface area (Å²) in [6, 6.07) is 9.52. The number of para-hydroxylation sites is 1. The highest BCUT2D eigenvalue weighted by atomic mass is 35.5. The van der Waals surface area contributed by atoms with Gasteiger partial charge in [-0.25, -0.2) is 8.42 Å². The highest BCUT2D eigenvalue weighted by Crippen LogP contribution is 2.28. The van der Waals surface area contributed by atoms with Crippen molar-refractivity contribution in [3.05, 3.63) is 46.3 Å². The Morgan fingerprint density at radius 2 is 1.88 bits per heavy atom. The first-order valence-corrected chi connectivity index (χ1v) is 10.8. The molecule has 0 amide bonds. The fourth-order valence-electron chi connectivity index (χ4n) is 2.84. The van der Waals surface area contributed by atoms with Crippen molar-refractivity contribution in [1.82, 2.24) is 0 Å². The smallest absolute Gasteiger partial charge is 0.271 e. The molecule has 1 aromatic heterocycles. The van der Waals surface area contributed by atoms with Crippen molar-refractivity contribution < 1.29 is 13.5 Å². The summed E-state index contributed by atoms with van der Waals surface area (Å²) in [4.78, 5) is 4.28. The monoisotopic (exact) mass is 397 g/mol. The van der Waals surface area contributed by atoms with Gasteiger partial charge in [0.2, 0.25) is 0 Å². The van der Waals surface area contributed by atoms with Crippen LogP contribution in [0, 0.1) is 0 Å². The summed E-state index contributed by atoms with van der Waals surface area (Å²) in [5.41, 5.74) is 0.496. The molecule has 0 atom stereocenters. The summed E-state index contributed by atoms with van der Waals surface area (Å²) in [5, 5.41) is 12.5. The second kappa shape index (κ2) is 7.76. The molecular weight excluding hydrogens is 380 g/mol. The number of thiophene rings is 1. The second-order valence-corrected chi connectivity index (χ2v) is 9.56. The van der Waals surface area contributed by atoms with Crippen LogP contribution in [0.5, 0.6) is 0 Å². The number of benzene rings is 1. The predicted octanol–water partition coefficient (Wildman–Crippen LogP) is 3.64. The Labute approximate surface area is 156 Å². The highest BCUT2D eigenvalue weighted by Gasteiger charge is 2.18. The van der Waals surface area contributed by atoms with Crippen LogP contribution in [-0.2, 0) is 10.0 Å². The molecule has 8 heteroatoms. The maximum Gasteiger partial charge on any atom is 0.271 e. The first kappa shape index (κ1) is 18.2. The Bertz CT molecular complexity index is 872. The van der Waals surface area contributed by atoms with Crippen LogP contribution in [0.3, 0.4) is 0 Å². The molecule has 1 aromatic carbocycles. The Balaban J connectivity index is 1.87. The molecule has 0 bridgehead atoms. The van der Waals surface area contributed by atoms with Crippen molar-refractivity contribution in [1.29, 1.82) is 0 Å². The van der Waals surface area contributed by atoms with Crippen molar-refractivity contribution in [2.75, 3.05) is 4.72 Å². The van der Waals surface area contributed by atoms with Gasteiger partial charge in [0, 0.05) is 11.6 Å². The van der Waals surface area contributed by atoms with Crippen LogP contribution in [-0.4, -0.2) is 20.4 Å². The topological polar surface area (TPSA) is 81.6 Å². The highest BCUT2D eigenvalue weighted by molar-refractivity contribution is 7.94. The molecule has 0 radical (unpaired) electrons. The number of hydrogen-bond donors (Lipinski definition) is 1. The number of anilines is 1. The zero-order valence-corrected chi connectivity index (χ0v) is 15.8. The fourth-order valence-corrected chi connectivity index (χ4v) is 5.40. The minimum atomic E-state index is -3.79. The van der Waals surface area contributed by atoms with Crippen LogP contribution in [0.25, 0.3) is 0 Å². The molecular formula is C17H18ClN2O3S2-. The third-order valence-electron chi connectivity index (χ3n) is 4.09. The average Bonchev–Trinajstić information content (AvgIpc) is 3.03. The quantitative estimate of drug-likeness (QED) is 0.617.